The van der Waals surface area contributed by atoms with Crippen molar-refractivity contribution in [3.63, 3.8) is 0 Å². The molecule has 3 heteroatoms. The Kier molecular flexibility index (Phi) is 4.17. The van der Waals surface area contributed by atoms with E-state index < -0.39 is 0 Å². The van der Waals surface area contributed by atoms with Gasteiger partial charge in [-0.25, -0.2) is 0 Å². The van der Waals surface area contributed by atoms with Crippen LogP contribution in [-0.2, 0) is 6.61 Å². The first-order valence-corrected chi connectivity index (χ1v) is 6.17. The molecule has 0 saturated carbocycles. The predicted octanol–water partition coefficient (Wildman–Crippen LogP) is 3.16. The van der Waals surface area contributed by atoms with Gasteiger partial charge in [0.25, 0.3) is 0 Å². The summed E-state index contributed by atoms with van der Waals surface area (Å²) in [6.45, 7) is 2.33. The minimum atomic E-state index is 0.0216. The van der Waals surface area contributed by atoms with Crippen LogP contribution in [0.15, 0.2) is 48.5 Å². The Morgan fingerprint density at radius 2 is 1.84 bits per heavy atom. The van der Waals surface area contributed by atoms with Crippen LogP contribution < -0.4 is 10.5 Å². The average Bonchev–Trinajstić information content (AvgIpc) is 2.45. The lowest BCUT2D eigenvalue weighted by molar-refractivity contribution is 0.306. The molecular formula is C16H16N2O. The number of ether oxygens (including phenoxy) is 1. The summed E-state index contributed by atoms with van der Waals surface area (Å²) in [6.07, 6.45) is 0. The largest absolute Gasteiger partial charge is 0.489 e. The molecule has 0 aliphatic rings. The minimum absolute atomic E-state index is 0.0216. The molecule has 0 amide bonds. The van der Waals surface area contributed by atoms with E-state index in [4.69, 9.17) is 15.7 Å². The zero-order chi connectivity index (χ0) is 13.7. The van der Waals surface area contributed by atoms with E-state index in [-0.39, 0.29) is 6.04 Å². The van der Waals surface area contributed by atoms with Gasteiger partial charge in [-0.1, -0.05) is 30.3 Å². The Morgan fingerprint density at radius 3 is 2.47 bits per heavy atom. The third-order valence-electron chi connectivity index (χ3n) is 2.94. The van der Waals surface area contributed by atoms with Crippen molar-refractivity contribution in [3.8, 4) is 11.8 Å². The molecule has 19 heavy (non-hydrogen) atoms. The molecule has 3 nitrogen and oxygen atoms in total. The van der Waals surface area contributed by atoms with Crippen molar-refractivity contribution in [2.45, 2.75) is 19.6 Å². The average molecular weight is 252 g/mol. The highest BCUT2D eigenvalue weighted by Gasteiger charge is 2.03. The zero-order valence-electron chi connectivity index (χ0n) is 10.8. The van der Waals surface area contributed by atoms with Crippen molar-refractivity contribution < 1.29 is 4.74 Å². The molecule has 0 heterocycles. The number of nitrogens with two attached hydrogens (primary N) is 1. The lowest BCUT2D eigenvalue weighted by Gasteiger charge is -2.09. The van der Waals surface area contributed by atoms with Gasteiger partial charge in [-0.3, -0.25) is 0 Å². The number of hydrogen-bond acceptors (Lipinski definition) is 3. The summed E-state index contributed by atoms with van der Waals surface area (Å²) in [6, 6.07) is 17.3. The van der Waals surface area contributed by atoms with Crippen molar-refractivity contribution >= 4 is 0 Å². The monoisotopic (exact) mass is 252 g/mol. The first-order chi connectivity index (χ1) is 9.20. The van der Waals surface area contributed by atoms with Crippen LogP contribution in [0.1, 0.15) is 29.7 Å². The maximum atomic E-state index is 8.99. The maximum Gasteiger partial charge on any atom is 0.119 e. The molecule has 0 aliphatic heterocycles. The summed E-state index contributed by atoms with van der Waals surface area (Å²) >= 11 is 0. The molecule has 1 atom stereocenters. The molecule has 0 aromatic heterocycles. The van der Waals surface area contributed by atoms with Gasteiger partial charge in [-0.05, 0) is 30.7 Å². The third-order valence-corrected chi connectivity index (χ3v) is 2.94. The summed E-state index contributed by atoms with van der Waals surface area (Å²) in [5.41, 5.74) is 8.40. The van der Waals surface area contributed by atoms with Crippen LogP contribution >= 0.6 is 0 Å². The van der Waals surface area contributed by atoms with Gasteiger partial charge in [0.1, 0.15) is 12.4 Å². The van der Waals surface area contributed by atoms with E-state index in [9.17, 15) is 0 Å². The molecule has 0 saturated heterocycles. The van der Waals surface area contributed by atoms with Crippen molar-refractivity contribution in [2.75, 3.05) is 0 Å². The van der Waals surface area contributed by atoms with E-state index in [2.05, 4.69) is 6.07 Å². The van der Waals surface area contributed by atoms with Gasteiger partial charge >= 0.3 is 0 Å². The standard InChI is InChI=1S/C16H16N2O/c1-12(18)13-6-8-16(9-7-13)19-11-15-5-3-2-4-14(15)10-17/h2-9,12H,11,18H2,1H3/t12-/m1/s1. The van der Waals surface area contributed by atoms with Gasteiger partial charge in [0.2, 0.25) is 0 Å². The van der Waals surface area contributed by atoms with Crippen LogP contribution in [0, 0.1) is 11.3 Å². The van der Waals surface area contributed by atoms with E-state index in [0.717, 1.165) is 16.9 Å². The molecule has 0 fully saturated rings. The number of nitriles is 1. The number of benzene rings is 2. The fourth-order valence-corrected chi connectivity index (χ4v) is 1.78. The maximum absolute atomic E-state index is 8.99. The van der Waals surface area contributed by atoms with Crippen LogP contribution in [0.25, 0.3) is 0 Å². The smallest absolute Gasteiger partial charge is 0.119 e. The van der Waals surface area contributed by atoms with E-state index in [0.29, 0.717) is 12.2 Å². The molecule has 0 aliphatic carbocycles. The summed E-state index contributed by atoms with van der Waals surface area (Å²) in [5.74, 6) is 0.775. The fourth-order valence-electron chi connectivity index (χ4n) is 1.78. The molecule has 0 bridgehead atoms. The molecule has 2 aromatic rings. The van der Waals surface area contributed by atoms with Crippen LogP contribution in [0.5, 0.6) is 5.75 Å². The lowest BCUT2D eigenvalue weighted by atomic mass is 10.1. The van der Waals surface area contributed by atoms with E-state index in [1.54, 1.807) is 6.07 Å². The Labute approximate surface area is 113 Å². The fraction of sp³-hybridized carbons (Fsp3) is 0.188. The van der Waals surface area contributed by atoms with E-state index in [1.807, 2.05) is 49.4 Å². The second-order valence-corrected chi connectivity index (χ2v) is 4.42. The highest BCUT2D eigenvalue weighted by molar-refractivity contribution is 5.37. The lowest BCUT2D eigenvalue weighted by Crippen LogP contribution is -2.04. The highest BCUT2D eigenvalue weighted by atomic mass is 16.5. The van der Waals surface area contributed by atoms with Crippen molar-refractivity contribution in [1.29, 1.82) is 5.26 Å². The molecule has 96 valence electrons. The van der Waals surface area contributed by atoms with Crippen LogP contribution in [0.3, 0.4) is 0 Å². The highest BCUT2D eigenvalue weighted by Crippen LogP contribution is 2.18. The van der Waals surface area contributed by atoms with Crippen LogP contribution in [0.4, 0.5) is 0 Å². The summed E-state index contributed by atoms with van der Waals surface area (Å²) < 4.78 is 5.68. The van der Waals surface area contributed by atoms with Crippen LogP contribution in [-0.4, -0.2) is 0 Å². The topological polar surface area (TPSA) is 59.0 Å². The SMILES string of the molecule is C[C@@H](N)c1ccc(OCc2ccccc2C#N)cc1. The minimum Gasteiger partial charge on any atom is -0.489 e. The third kappa shape index (κ3) is 3.34. The Morgan fingerprint density at radius 1 is 1.16 bits per heavy atom. The van der Waals surface area contributed by atoms with Gasteiger partial charge in [-0.2, -0.15) is 5.26 Å². The molecular weight excluding hydrogens is 236 g/mol. The van der Waals surface area contributed by atoms with Gasteiger partial charge < -0.3 is 10.5 Å². The van der Waals surface area contributed by atoms with Crippen LogP contribution in [0.2, 0.25) is 0 Å². The normalized spacial score (nSPS) is 11.6. The molecule has 2 N–H and O–H groups in total. The van der Waals surface area contributed by atoms with Gasteiger partial charge in [0.05, 0.1) is 11.6 Å². The van der Waals surface area contributed by atoms with Crippen molar-refractivity contribution in [2.24, 2.45) is 5.73 Å². The van der Waals surface area contributed by atoms with E-state index >= 15 is 0 Å². The molecule has 0 radical (unpaired) electrons. The number of hydrogen-bond donors (Lipinski definition) is 1. The van der Waals surface area contributed by atoms with Gasteiger partial charge in [0.15, 0.2) is 0 Å². The van der Waals surface area contributed by atoms with E-state index in [1.165, 1.54) is 0 Å². The summed E-state index contributed by atoms with van der Waals surface area (Å²) in [5, 5.41) is 8.99. The quantitative estimate of drug-likeness (QED) is 0.909. The molecule has 0 unspecified atom stereocenters. The Bertz CT molecular complexity index is 582. The van der Waals surface area contributed by atoms with Crippen molar-refractivity contribution in [1.82, 2.24) is 0 Å². The Balaban J connectivity index is 2.04. The Hall–Kier alpha value is -2.31. The van der Waals surface area contributed by atoms with Gasteiger partial charge in [-0.15, -0.1) is 0 Å². The van der Waals surface area contributed by atoms with Gasteiger partial charge in [0, 0.05) is 11.6 Å². The summed E-state index contributed by atoms with van der Waals surface area (Å²) in [4.78, 5) is 0. The first kappa shape index (κ1) is 13.1. The molecule has 2 aromatic carbocycles. The number of nitrogens with zero attached hydrogens (tertiary/aromatic N) is 1. The zero-order valence-corrected chi connectivity index (χ0v) is 10.8. The number of rotatable bonds is 4. The van der Waals surface area contributed by atoms with Crippen molar-refractivity contribution in [3.05, 3.63) is 65.2 Å². The molecule has 0 spiro atoms. The molecule has 2 rings (SSSR count). The second-order valence-electron chi connectivity index (χ2n) is 4.42. The predicted molar refractivity (Wildman–Crippen MR) is 74.5 cm³/mol. The second kappa shape index (κ2) is 6.03. The first-order valence-electron chi connectivity index (χ1n) is 6.17. The summed E-state index contributed by atoms with van der Waals surface area (Å²) in [7, 11) is 0.